The minimum Gasteiger partial charge on any atom is -0.408 e. The van der Waals surface area contributed by atoms with Gasteiger partial charge in [0.15, 0.2) is 0 Å². The Bertz CT molecular complexity index is 302. The number of hydrogen-bond donors (Lipinski definition) is 0. The molecule has 0 N–H and O–H groups in total. The molecule has 0 fully saturated rings. The van der Waals surface area contributed by atoms with Gasteiger partial charge in [-0.3, -0.25) is 4.98 Å². The fourth-order valence-electron chi connectivity index (χ4n) is 1.71. The van der Waals surface area contributed by atoms with E-state index >= 15 is 0 Å². The standard InChI is InChI=1S/C9H10NOSi/c1-9(11-12)5-4-7-3-2-6-10-8(7)9/h2-3,6H,4-5H2,1H3/t9-/m1/s1. The molecule has 12 heavy (non-hydrogen) atoms. The Kier molecular flexibility index (Phi) is 1.77. The summed E-state index contributed by atoms with van der Waals surface area (Å²) in [7, 11) is 3.11. The second kappa shape index (κ2) is 2.67. The molecule has 1 atom stereocenters. The monoisotopic (exact) mass is 176 g/mol. The molecule has 1 aliphatic rings. The van der Waals surface area contributed by atoms with Crippen molar-refractivity contribution >= 4 is 10.5 Å². The molecule has 1 aromatic heterocycles. The first-order valence-corrected chi connectivity index (χ1v) is 4.46. The molecule has 0 aliphatic heterocycles. The predicted octanol–water partition coefficient (Wildman–Crippen LogP) is 1.34. The summed E-state index contributed by atoms with van der Waals surface area (Å²) in [4.78, 5) is 4.33. The van der Waals surface area contributed by atoms with E-state index in [4.69, 9.17) is 4.43 Å². The van der Waals surface area contributed by atoms with E-state index in [0.29, 0.717) is 0 Å². The summed E-state index contributed by atoms with van der Waals surface area (Å²) < 4.78 is 5.27. The van der Waals surface area contributed by atoms with E-state index in [1.54, 1.807) is 0 Å². The summed E-state index contributed by atoms with van der Waals surface area (Å²) >= 11 is 0. The minimum absolute atomic E-state index is 0.229. The molecule has 61 valence electrons. The highest BCUT2D eigenvalue weighted by Gasteiger charge is 2.34. The molecule has 1 aromatic rings. The Morgan fingerprint density at radius 1 is 1.67 bits per heavy atom. The molecule has 0 saturated heterocycles. The number of pyridine rings is 1. The van der Waals surface area contributed by atoms with E-state index in [0.717, 1.165) is 18.5 Å². The maximum absolute atomic E-state index is 5.27. The van der Waals surface area contributed by atoms with E-state index in [1.807, 2.05) is 12.3 Å². The topological polar surface area (TPSA) is 22.1 Å². The van der Waals surface area contributed by atoms with Crippen molar-refractivity contribution in [1.29, 1.82) is 0 Å². The SMILES string of the molecule is C[C@@]1(O[Si])CCc2cccnc21. The Morgan fingerprint density at radius 2 is 2.50 bits per heavy atom. The van der Waals surface area contributed by atoms with Crippen LogP contribution in [0.5, 0.6) is 0 Å². The van der Waals surface area contributed by atoms with Crippen molar-refractivity contribution in [3.05, 3.63) is 29.6 Å². The number of nitrogens with zero attached hydrogens (tertiary/aromatic N) is 1. The Labute approximate surface area is 75.5 Å². The van der Waals surface area contributed by atoms with Crippen LogP contribution in [0.15, 0.2) is 18.3 Å². The second-order valence-electron chi connectivity index (χ2n) is 3.34. The zero-order chi connectivity index (χ0) is 8.60. The normalized spacial score (nSPS) is 27.2. The van der Waals surface area contributed by atoms with Crippen LogP contribution in [0.25, 0.3) is 0 Å². The number of rotatable bonds is 1. The lowest BCUT2D eigenvalue weighted by Gasteiger charge is -2.22. The van der Waals surface area contributed by atoms with Gasteiger partial charge in [0.05, 0.1) is 11.3 Å². The molecule has 0 saturated carbocycles. The van der Waals surface area contributed by atoms with Crippen LogP contribution in [0, 0.1) is 0 Å². The van der Waals surface area contributed by atoms with Gasteiger partial charge in [0.1, 0.15) is 0 Å². The lowest BCUT2D eigenvalue weighted by Crippen LogP contribution is -2.22. The average molecular weight is 176 g/mol. The van der Waals surface area contributed by atoms with Crippen LogP contribution in [0.1, 0.15) is 24.6 Å². The first-order chi connectivity index (χ1) is 5.76. The van der Waals surface area contributed by atoms with Crippen molar-refractivity contribution in [2.24, 2.45) is 0 Å². The fraction of sp³-hybridized carbons (Fsp3) is 0.444. The van der Waals surface area contributed by atoms with E-state index in [2.05, 4.69) is 28.5 Å². The van der Waals surface area contributed by atoms with Crippen molar-refractivity contribution in [3.8, 4) is 0 Å². The summed E-state index contributed by atoms with van der Waals surface area (Å²) in [5.41, 5.74) is 2.14. The Hall–Kier alpha value is -0.673. The van der Waals surface area contributed by atoms with Crippen molar-refractivity contribution in [3.63, 3.8) is 0 Å². The first-order valence-electron chi connectivity index (χ1n) is 4.05. The van der Waals surface area contributed by atoms with Gasteiger partial charge in [-0.25, -0.2) is 0 Å². The molecule has 0 bridgehead atoms. The van der Waals surface area contributed by atoms with Gasteiger partial charge in [0.2, 0.25) is 10.5 Å². The Morgan fingerprint density at radius 3 is 3.25 bits per heavy atom. The molecule has 2 rings (SSSR count). The average Bonchev–Trinajstić information content (AvgIpc) is 2.46. The maximum atomic E-state index is 5.27. The zero-order valence-corrected chi connectivity index (χ0v) is 8.00. The van der Waals surface area contributed by atoms with Crippen LogP contribution in [0.2, 0.25) is 0 Å². The summed E-state index contributed by atoms with van der Waals surface area (Å²) in [6.45, 7) is 2.05. The molecule has 1 aliphatic carbocycles. The molecule has 0 aromatic carbocycles. The van der Waals surface area contributed by atoms with Crippen molar-refractivity contribution in [2.75, 3.05) is 0 Å². The van der Waals surface area contributed by atoms with Crippen LogP contribution in [0.3, 0.4) is 0 Å². The molecule has 0 spiro atoms. The van der Waals surface area contributed by atoms with Crippen LogP contribution >= 0.6 is 0 Å². The largest absolute Gasteiger partial charge is 0.408 e. The summed E-state index contributed by atoms with van der Waals surface area (Å²) in [6, 6.07) is 4.08. The van der Waals surface area contributed by atoms with E-state index in [-0.39, 0.29) is 5.60 Å². The predicted molar refractivity (Wildman–Crippen MR) is 46.7 cm³/mol. The molecular weight excluding hydrogens is 166 g/mol. The van der Waals surface area contributed by atoms with E-state index in [1.165, 1.54) is 5.56 Å². The van der Waals surface area contributed by atoms with Gasteiger partial charge >= 0.3 is 0 Å². The third kappa shape index (κ3) is 1.01. The Balaban J connectivity index is 2.49. The van der Waals surface area contributed by atoms with Gasteiger partial charge in [0, 0.05) is 6.20 Å². The molecule has 1 heterocycles. The number of fused-ring (bicyclic) bond motifs is 1. The first kappa shape index (κ1) is 7.95. The van der Waals surface area contributed by atoms with Crippen LogP contribution in [0.4, 0.5) is 0 Å². The van der Waals surface area contributed by atoms with E-state index in [9.17, 15) is 0 Å². The van der Waals surface area contributed by atoms with Gasteiger partial charge in [-0.1, -0.05) is 6.07 Å². The van der Waals surface area contributed by atoms with Gasteiger partial charge in [-0.15, -0.1) is 0 Å². The van der Waals surface area contributed by atoms with Crippen LogP contribution in [-0.4, -0.2) is 15.5 Å². The molecule has 3 heteroatoms. The number of aromatic nitrogens is 1. The summed E-state index contributed by atoms with van der Waals surface area (Å²) in [5.74, 6) is 0. The number of aryl methyl sites for hydroxylation is 1. The second-order valence-corrected chi connectivity index (χ2v) is 3.55. The highest BCUT2D eigenvalue weighted by molar-refractivity contribution is 5.98. The van der Waals surface area contributed by atoms with E-state index < -0.39 is 0 Å². The van der Waals surface area contributed by atoms with Gasteiger partial charge in [-0.05, 0) is 31.4 Å². The lowest BCUT2D eigenvalue weighted by molar-refractivity contribution is 0.0979. The maximum Gasteiger partial charge on any atom is 0.247 e. The van der Waals surface area contributed by atoms with Gasteiger partial charge in [-0.2, -0.15) is 0 Å². The molecule has 3 radical (unpaired) electrons. The molecule has 0 amide bonds. The van der Waals surface area contributed by atoms with Crippen molar-refractivity contribution in [2.45, 2.75) is 25.4 Å². The van der Waals surface area contributed by atoms with Gasteiger partial charge in [0.25, 0.3) is 0 Å². The van der Waals surface area contributed by atoms with Crippen molar-refractivity contribution < 1.29 is 4.43 Å². The van der Waals surface area contributed by atoms with Crippen molar-refractivity contribution in [1.82, 2.24) is 4.98 Å². The highest BCUT2D eigenvalue weighted by Crippen LogP contribution is 2.36. The quantitative estimate of drug-likeness (QED) is 0.602. The molecular formula is C9H10NOSi. The lowest BCUT2D eigenvalue weighted by atomic mass is 10.0. The highest BCUT2D eigenvalue weighted by atomic mass is 28.2. The summed E-state index contributed by atoms with van der Waals surface area (Å²) in [6.07, 6.45) is 3.88. The van der Waals surface area contributed by atoms with Crippen LogP contribution in [-0.2, 0) is 16.4 Å². The molecule has 2 nitrogen and oxygen atoms in total. The third-order valence-corrected chi connectivity index (χ3v) is 2.94. The minimum atomic E-state index is -0.229. The van der Waals surface area contributed by atoms with Crippen LogP contribution < -0.4 is 0 Å². The molecule has 0 unspecified atom stereocenters. The van der Waals surface area contributed by atoms with Gasteiger partial charge < -0.3 is 4.43 Å². The third-order valence-electron chi connectivity index (χ3n) is 2.49. The smallest absolute Gasteiger partial charge is 0.247 e. The zero-order valence-electron chi connectivity index (χ0n) is 7.00. The fourth-order valence-corrected chi connectivity index (χ4v) is 1.91. The summed E-state index contributed by atoms with van der Waals surface area (Å²) in [5, 5.41) is 0. The number of hydrogen-bond acceptors (Lipinski definition) is 2.